The van der Waals surface area contributed by atoms with Crippen molar-refractivity contribution in [2.75, 3.05) is 18.4 Å². The van der Waals surface area contributed by atoms with Gasteiger partial charge in [-0.2, -0.15) is 0 Å². The first-order chi connectivity index (χ1) is 10.0. The number of halogens is 1. The first kappa shape index (κ1) is 16.3. The molecular formula is C16H23ClN2O2. The first-order valence-electron chi connectivity index (χ1n) is 7.52. The van der Waals surface area contributed by atoms with E-state index in [4.69, 9.17) is 11.6 Å². The van der Waals surface area contributed by atoms with Gasteiger partial charge in [0.15, 0.2) is 0 Å². The van der Waals surface area contributed by atoms with Crippen molar-refractivity contribution >= 4 is 23.2 Å². The molecule has 21 heavy (non-hydrogen) atoms. The number of hydrogen-bond donors (Lipinski definition) is 2. The Bertz CT molecular complexity index is 479. The molecule has 0 spiro atoms. The quantitative estimate of drug-likeness (QED) is 0.879. The number of amides is 1. The number of piperidine rings is 1. The van der Waals surface area contributed by atoms with E-state index in [0.717, 1.165) is 31.5 Å². The lowest BCUT2D eigenvalue weighted by Gasteiger charge is -2.35. The molecule has 1 fully saturated rings. The number of aliphatic hydroxyl groups is 1. The van der Waals surface area contributed by atoms with Gasteiger partial charge in [0.25, 0.3) is 0 Å². The maximum Gasteiger partial charge on any atom is 0.238 e. The van der Waals surface area contributed by atoms with Crippen molar-refractivity contribution in [2.45, 2.75) is 44.8 Å². The van der Waals surface area contributed by atoms with Gasteiger partial charge in [0, 0.05) is 16.8 Å². The maximum atomic E-state index is 12.2. The maximum absolute atomic E-state index is 12.2. The van der Waals surface area contributed by atoms with E-state index in [1.807, 2.05) is 12.1 Å². The molecule has 0 bridgehead atoms. The van der Waals surface area contributed by atoms with E-state index in [1.165, 1.54) is 6.42 Å². The molecule has 2 rings (SSSR count). The lowest BCUT2D eigenvalue weighted by molar-refractivity contribution is -0.118. The van der Waals surface area contributed by atoms with E-state index in [2.05, 4.69) is 10.2 Å². The topological polar surface area (TPSA) is 52.6 Å². The van der Waals surface area contributed by atoms with Crippen LogP contribution in [0.4, 0.5) is 5.69 Å². The Hall–Kier alpha value is -1.10. The van der Waals surface area contributed by atoms with Crippen LogP contribution < -0.4 is 5.32 Å². The molecule has 116 valence electrons. The molecule has 0 aromatic heterocycles. The van der Waals surface area contributed by atoms with Gasteiger partial charge in [0.1, 0.15) is 0 Å². The van der Waals surface area contributed by atoms with Gasteiger partial charge in [-0.05, 0) is 50.9 Å². The minimum atomic E-state index is -0.327. The zero-order valence-electron chi connectivity index (χ0n) is 12.4. The Morgan fingerprint density at radius 1 is 1.52 bits per heavy atom. The van der Waals surface area contributed by atoms with Crippen LogP contribution >= 0.6 is 11.6 Å². The van der Waals surface area contributed by atoms with E-state index in [9.17, 15) is 9.90 Å². The molecule has 2 unspecified atom stereocenters. The average molecular weight is 311 g/mol. The number of carbonyl (C=O) groups is 1. The van der Waals surface area contributed by atoms with Crippen LogP contribution in [0.3, 0.4) is 0 Å². The van der Waals surface area contributed by atoms with Gasteiger partial charge in [-0.15, -0.1) is 0 Å². The molecule has 1 aliphatic heterocycles. The van der Waals surface area contributed by atoms with E-state index in [0.29, 0.717) is 17.6 Å². The molecule has 1 heterocycles. The van der Waals surface area contributed by atoms with E-state index in [1.54, 1.807) is 19.1 Å². The molecule has 0 saturated carbocycles. The summed E-state index contributed by atoms with van der Waals surface area (Å²) in [6.07, 6.45) is 3.73. The van der Waals surface area contributed by atoms with Gasteiger partial charge in [-0.25, -0.2) is 0 Å². The summed E-state index contributed by atoms with van der Waals surface area (Å²) in [4.78, 5) is 14.3. The van der Waals surface area contributed by atoms with Crippen molar-refractivity contribution in [1.29, 1.82) is 0 Å². The van der Waals surface area contributed by atoms with Gasteiger partial charge in [0.2, 0.25) is 5.91 Å². The molecule has 0 radical (unpaired) electrons. The highest BCUT2D eigenvalue weighted by Crippen LogP contribution is 2.21. The monoisotopic (exact) mass is 310 g/mol. The standard InChI is InChI=1S/C16H23ClN2O2/c1-12(20)9-15-7-2-3-8-19(15)11-16(21)18-14-6-4-5-13(17)10-14/h4-6,10,12,15,20H,2-3,7-9,11H2,1H3,(H,18,21). The third kappa shape index (κ3) is 5.30. The number of nitrogens with zero attached hydrogens (tertiary/aromatic N) is 1. The van der Waals surface area contributed by atoms with Crippen LogP contribution in [0.1, 0.15) is 32.6 Å². The molecule has 2 atom stereocenters. The summed E-state index contributed by atoms with van der Waals surface area (Å²) < 4.78 is 0. The number of rotatable bonds is 5. The number of likely N-dealkylation sites (tertiary alicyclic amines) is 1. The predicted molar refractivity (Wildman–Crippen MR) is 85.6 cm³/mol. The van der Waals surface area contributed by atoms with Crippen molar-refractivity contribution < 1.29 is 9.90 Å². The van der Waals surface area contributed by atoms with E-state index in [-0.39, 0.29) is 12.0 Å². The van der Waals surface area contributed by atoms with Gasteiger partial charge < -0.3 is 10.4 Å². The predicted octanol–water partition coefficient (Wildman–Crippen LogP) is 2.90. The largest absolute Gasteiger partial charge is 0.393 e. The summed E-state index contributed by atoms with van der Waals surface area (Å²) in [5, 5.41) is 13.1. The summed E-state index contributed by atoms with van der Waals surface area (Å²) in [6.45, 7) is 3.09. The van der Waals surface area contributed by atoms with Gasteiger partial charge in [0.05, 0.1) is 12.6 Å². The van der Waals surface area contributed by atoms with Crippen LogP contribution in [0.15, 0.2) is 24.3 Å². The molecule has 1 saturated heterocycles. The Labute approximate surface area is 131 Å². The second kappa shape index (κ2) is 7.78. The fourth-order valence-corrected chi connectivity index (χ4v) is 3.07. The summed E-state index contributed by atoms with van der Waals surface area (Å²) in [5.74, 6) is -0.0326. The smallest absolute Gasteiger partial charge is 0.238 e. The number of anilines is 1. The Balaban J connectivity index is 1.90. The summed E-state index contributed by atoms with van der Waals surface area (Å²) in [7, 11) is 0. The zero-order valence-corrected chi connectivity index (χ0v) is 13.1. The van der Waals surface area contributed by atoms with Crippen LogP contribution in [-0.2, 0) is 4.79 Å². The number of carbonyl (C=O) groups excluding carboxylic acids is 1. The normalized spacial score (nSPS) is 21.0. The summed E-state index contributed by atoms with van der Waals surface area (Å²) in [5.41, 5.74) is 0.719. The summed E-state index contributed by atoms with van der Waals surface area (Å²) in [6, 6.07) is 7.45. The lowest BCUT2D eigenvalue weighted by atomic mass is 9.97. The number of nitrogens with one attached hydrogen (secondary N) is 1. The molecule has 1 aliphatic rings. The number of hydrogen-bond acceptors (Lipinski definition) is 3. The van der Waals surface area contributed by atoms with Crippen LogP contribution in [0.25, 0.3) is 0 Å². The van der Waals surface area contributed by atoms with Gasteiger partial charge >= 0.3 is 0 Å². The number of aliphatic hydroxyl groups excluding tert-OH is 1. The molecule has 1 amide bonds. The Morgan fingerprint density at radius 2 is 2.33 bits per heavy atom. The SMILES string of the molecule is CC(O)CC1CCCCN1CC(=O)Nc1cccc(Cl)c1. The molecule has 1 aromatic rings. The van der Waals surface area contributed by atoms with Crippen LogP contribution in [0.2, 0.25) is 5.02 Å². The highest BCUT2D eigenvalue weighted by atomic mass is 35.5. The highest BCUT2D eigenvalue weighted by molar-refractivity contribution is 6.30. The second-order valence-electron chi connectivity index (χ2n) is 5.76. The minimum Gasteiger partial charge on any atom is -0.393 e. The number of benzene rings is 1. The van der Waals surface area contributed by atoms with Crippen LogP contribution in [0, 0.1) is 0 Å². The first-order valence-corrected chi connectivity index (χ1v) is 7.90. The third-order valence-corrected chi connectivity index (χ3v) is 4.05. The molecule has 4 nitrogen and oxygen atoms in total. The molecular weight excluding hydrogens is 288 g/mol. The van der Waals surface area contributed by atoms with E-state index >= 15 is 0 Å². The third-order valence-electron chi connectivity index (χ3n) is 3.82. The van der Waals surface area contributed by atoms with Gasteiger partial charge in [-0.1, -0.05) is 24.1 Å². The zero-order chi connectivity index (χ0) is 15.2. The molecule has 2 N–H and O–H groups in total. The second-order valence-corrected chi connectivity index (χ2v) is 6.20. The molecule has 0 aliphatic carbocycles. The Morgan fingerprint density at radius 3 is 3.05 bits per heavy atom. The highest BCUT2D eigenvalue weighted by Gasteiger charge is 2.25. The minimum absolute atomic E-state index is 0.0326. The van der Waals surface area contributed by atoms with Gasteiger partial charge in [-0.3, -0.25) is 9.69 Å². The average Bonchev–Trinajstić information content (AvgIpc) is 2.40. The Kier molecular flexibility index (Phi) is 6.03. The van der Waals surface area contributed by atoms with Crippen molar-refractivity contribution in [3.8, 4) is 0 Å². The summed E-state index contributed by atoms with van der Waals surface area (Å²) >= 11 is 5.91. The molecule has 1 aromatic carbocycles. The van der Waals surface area contributed by atoms with Crippen molar-refractivity contribution in [2.24, 2.45) is 0 Å². The fourth-order valence-electron chi connectivity index (χ4n) is 2.88. The van der Waals surface area contributed by atoms with Crippen molar-refractivity contribution in [3.63, 3.8) is 0 Å². The van der Waals surface area contributed by atoms with Crippen LogP contribution in [0.5, 0.6) is 0 Å². The van der Waals surface area contributed by atoms with Crippen molar-refractivity contribution in [3.05, 3.63) is 29.3 Å². The van der Waals surface area contributed by atoms with Crippen molar-refractivity contribution in [1.82, 2.24) is 4.90 Å². The molecule has 5 heteroatoms. The lowest BCUT2D eigenvalue weighted by Crippen LogP contribution is -2.45. The van der Waals surface area contributed by atoms with Crippen LogP contribution in [-0.4, -0.2) is 41.1 Å². The van der Waals surface area contributed by atoms with E-state index < -0.39 is 0 Å². The fraction of sp³-hybridized carbons (Fsp3) is 0.562.